The van der Waals surface area contributed by atoms with Crippen molar-refractivity contribution in [2.75, 3.05) is 13.2 Å². The summed E-state index contributed by atoms with van der Waals surface area (Å²) in [5.41, 5.74) is 0.535. The van der Waals surface area contributed by atoms with Crippen LogP contribution in [0.15, 0.2) is 24.3 Å². The largest absolute Gasteiger partial charge is 0.482 e. The standard InChI is InChI=1S/C18H22N2O6/c1-12(21)13-6-8-15(9-7-13)25-11-17(23)26-10-16(22)20-18(24)19-14-4-2-3-5-14/h6-9,14H,2-5,10-11H2,1H3,(H2,19,20,22,24). The maximum absolute atomic E-state index is 11.6. The molecular formula is C18H22N2O6. The Labute approximate surface area is 151 Å². The first kappa shape index (κ1) is 19.4. The minimum Gasteiger partial charge on any atom is -0.482 e. The SMILES string of the molecule is CC(=O)c1ccc(OCC(=O)OCC(=O)NC(=O)NC2CCCC2)cc1. The van der Waals surface area contributed by atoms with Crippen molar-refractivity contribution in [3.8, 4) is 5.75 Å². The summed E-state index contributed by atoms with van der Waals surface area (Å²) < 4.78 is 9.96. The molecule has 8 nitrogen and oxygen atoms in total. The molecule has 140 valence electrons. The highest BCUT2D eigenvalue weighted by atomic mass is 16.6. The molecule has 2 rings (SSSR count). The summed E-state index contributed by atoms with van der Waals surface area (Å²) in [4.78, 5) is 45.9. The van der Waals surface area contributed by atoms with Crippen LogP contribution >= 0.6 is 0 Å². The average Bonchev–Trinajstić information content (AvgIpc) is 3.11. The molecule has 1 aromatic rings. The maximum Gasteiger partial charge on any atom is 0.344 e. The third-order valence-electron chi connectivity index (χ3n) is 3.93. The van der Waals surface area contributed by atoms with Gasteiger partial charge in [0, 0.05) is 11.6 Å². The van der Waals surface area contributed by atoms with Gasteiger partial charge in [-0.25, -0.2) is 9.59 Å². The number of carbonyl (C=O) groups is 4. The van der Waals surface area contributed by atoms with Crippen molar-refractivity contribution in [1.29, 1.82) is 0 Å². The second-order valence-electron chi connectivity index (χ2n) is 6.03. The Morgan fingerprint density at radius 2 is 1.69 bits per heavy atom. The molecule has 1 aromatic carbocycles. The lowest BCUT2D eigenvalue weighted by Gasteiger charge is -2.12. The molecule has 0 saturated heterocycles. The number of carbonyl (C=O) groups excluding carboxylic acids is 4. The third-order valence-corrected chi connectivity index (χ3v) is 3.93. The summed E-state index contributed by atoms with van der Waals surface area (Å²) in [5, 5.41) is 4.81. The van der Waals surface area contributed by atoms with E-state index in [4.69, 9.17) is 9.47 Å². The Bertz CT molecular complexity index is 665. The van der Waals surface area contributed by atoms with Gasteiger partial charge in [0.05, 0.1) is 0 Å². The molecule has 0 bridgehead atoms. The molecule has 0 heterocycles. The van der Waals surface area contributed by atoms with Crippen LogP contribution in [-0.2, 0) is 14.3 Å². The highest BCUT2D eigenvalue weighted by Crippen LogP contribution is 2.17. The second kappa shape index (κ2) is 9.55. The molecule has 3 amide bonds. The van der Waals surface area contributed by atoms with Gasteiger partial charge in [-0.15, -0.1) is 0 Å². The number of hydrogen-bond donors (Lipinski definition) is 2. The maximum atomic E-state index is 11.6. The summed E-state index contributed by atoms with van der Waals surface area (Å²) in [7, 11) is 0. The van der Waals surface area contributed by atoms with Crippen LogP contribution in [0.1, 0.15) is 43.0 Å². The van der Waals surface area contributed by atoms with Gasteiger partial charge < -0.3 is 14.8 Å². The van der Waals surface area contributed by atoms with E-state index < -0.39 is 24.5 Å². The molecule has 0 unspecified atom stereocenters. The first-order valence-corrected chi connectivity index (χ1v) is 8.44. The predicted octanol–water partition coefficient (Wildman–Crippen LogP) is 1.58. The van der Waals surface area contributed by atoms with Crippen molar-refractivity contribution in [2.24, 2.45) is 0 Å². The van der Waals surface area contributed by atoms with Crippen LogP contribution in [0.2, 0.25) is 0 Å². The van der Waals surface area contributed by atoms with E-state index in [1.807, 2.05) is 0 Å². The quantitative estimate of drug-likeness (QED) is 0.563. The number of hydrogen-bond acceptors (Lipinski definition) is 6. The predicted molar refractivity (Wildman–Crippen MR) is 91.8 cm³/mol. The van der Waals surface area contributed by atoms with Gasteiger partial charge in [-0.05, 0) is 44.0 Å². The van der Waals surface area contributed by atoms with Crippen molar-refractivity contribution in [3.63, 3.8) is 0 Å². The molecule has 8 heteroatoms. The Morgan fingerprint density at radius 1 is 1.04 bits per heavy atom. The van der Waals surface area contributed by atoms with E-state index in [2.05, 4.69) is 10.6 Å². The zero-order valence-corrected chi connectivity index (χ0v) is 14.6. The molecule has 0 atom stereocenters. The van der Waals surface area contributed by atoms with Gasteiger partial charge in [0.1, 0.15) is 5.75 Å². The minimum atomic E-state index is -0.744. The first-order chi connectivity index (χ1) is 12.4. The van der Waals surface area contributed by atoms with E-state index in [1.165, 1.54) is 6.92 Å². The molecule has 1 saturated carbocycles. The fourth-order valence-electron chi connectivity index (χ4n) is 2.57. The fraction of sp³-hybridized carbons (Fsp3) is 0.444. The Hall–Kier alpha value is -2.90. The van der Waals surface area contributed by atoms with Gasteiger partial charge in [-0.3, -0.25) is 14.9 Å². The van der Waals surface area contributed by atoms with Crippen molar-refractivity contribution in [2.45, 2.75) is 38.6 Å². The molecule has 0 aliphatic heterocycles. The Morgan fingerprint density at radius 3 is 2.31 bits per heavy atom. The van der Waals surface area contributed by atoms with Crippen LogP contribution in [0.25, 0.3) is 0 Å². The Kier molecular flexibility index (Phi) is 7.13. The van der Waals surface area contributed by atoms with E-state index in [9.17, 15) is 19.2 Å². The van der Waals surface area contributed by atoms with Crippen LogP contribution in [0.3, 0.4) is 0 Å². The number of benzene rings is 1. The summed E-state index contributed by atoms with van der Waals surface area (Å²) in [6.45, 7) is 0.497. The number of urea groups is 1. The molecule has 1 aliphatic rings. The van der Waals surface area contributed by atoms with Crippen LogP contribution in [0.5, 0.6) is 5.75 Å². The van der Waals surface area contributed by atoms with E-state index in [1.54, 1.807) is 24.3 Å². The summed E-state index contributed by atoms with van der Waals surface area (Å²) in [5.74, 6) is -1.13. The summed E-state index contributed by atoms with van der Waals surface area (Å²) >= 11 is 0. The van der Waals surface area contributed by atoms with E-state index in [-0.39, 0.29) is 18.4 Å². The van der Waals surface area contributed by atoms with E-state index in [0.29, 0.717) is 11.3 Å². The van der Waals surface area contributed by atoms with Crippen LogP contribution in [0.4, 0.5) is 4.79 Å². The number of nitrogens with one attached hydrogen (secondary N) is 2. The highest BCUT2D eigenvalue weighted by molar-refractivity contribution is 5.95. The highest BCUT2D eigenvalue weighted by Gasteiger charge is 2.18. The molecule has 2 N–H and O–H groups in total. The zero-order valence-electron chi connectivity index (χ0n) is 14.6. The molecule has 0 spiro atoms. The molecular weight excluding hydrogens is 340 g/mol. The number of rotatable bonds is 7. The second-order valence-corrected chi connectivity index (χ2v) is 6.03. The van der Waals surface area contributed by atoms with Crippen molar-refractivity contribution >= 4 is 23.7 Å². The summed E-state index contributed by atoms with van der Waals surface area (Å²) in [6.07, 6.45) is 3.94. The van der Waals surface area contributed by atoms with Crippen LogP contribution in [-0.4, -0.2) is 42.9 Å². The number of Topliss-reactive ketones (excluding diaryl/α,β-unsaturated/α-hetero) is 1. The lowest BCUT2D eigenvalue weighted by molar-refractivity contribution is -0.150. The number of imide groups is 1. The minimum absolute atomic E-state index is 0.0704. The van der Waals surface area contributed by atoms with Crippen molar-refractivity contribution < 1.29 is 28.7 Å². The normalized spacial score (nSPS) is 13.7. The number of ketones is 1. The monoisotopic (exact) mass is 362 g/mol. The third kappa shape index (κ3) is 6.54. The van der Waals surface area contributed by atoms with Crippen LogP contribution < -0.4 is 15.4 Å². The Balaban J connectivity index is 1.63. The zero-order chi connectivity index (χ0) is 18.9. The summed E-state index contributed by atoms with van der Waals surface area (Å²) in [6, 6.07) is 5.79. The number of esters is 1. The van der Waals surface area contributed by atoms with Gasteiger partial charge in [0.2, 0.25) is 0 Å². The first-order valence-electron chi connectivity index (χ1n) is 8.44. The molecule has 0 radical (unpaired) electrons. The van der Waals surface area contributed by atoms with Crippen molar-refractivity contribution in [1.82, 2.24) is 10.6 Å². The molecule has 0 aromatic heterocycles. The molecule has 1 fully saturated rings. The molecule has 1 aliphatic carbocycles. The lowest BCUT2D eigenvalue weighted by atomic mass is 10.1. The van der Waals surface area contributed by atoms with E-state index in [0.717, 1.165) is 25.7 Å². The van der Waals surface area contributed by atoms with Gasteiger partial charge in [-0.2, -0.15) is 0 Å². The lowest BCUT2D eigenvalue weighted by Crippen LogP contribution is -2.45. The topological polar surface area (TPSA) is 111 Å². The number of ether oxygens (including phenoxy) is 2. The van der Waals surface area contributed by atoms with Gasteiger partial charge in [0.25, 0.3) is 5.91 Å². The number of amides is 3. The van der Waals surface area contributed by atoms with Gasteiger partial charge in [-0.1, -0.05) is 12.8 Å². The average molecular weight is 362 g/mol. The fourth-order valence-corrected chi connectivity index (χ4v) is 2.57. The molecule has 26 heavy (non-hydrogen) atoms. The van der Waals surface area contributed by atoms with Crippen LogP contribution in [0, 0.1) is 0 Å². The van der Waals surface area contributed by atoms with Gasteiger partial charge >= 0.3 is 12.0 Å². The van der Waals surface area contributed by atoms with Crippen molar-refractivity contribution in [3.05, 3.63) is 29.8 Å². The smallest absolute Gasteiger partial charge is 0.344 e. The van der Waals surface area contributed by atoms with Gasteiger partial charge in [0.15, 0.2) is 19.0 Å². The van der Waals surface area contributed by atoms with E-state index >= 15 is 0 Å².